The fraction of sp³-hybridized carbons (Fsp3) is 0.667. The van der Waals surface area contributed by atoms with E-state index in [4.69, 9.17) is 4.74 Å². The molecule has 0 aliphatic heterocycles. The quantitative estimate of drug-likeness (QED) is 0.757. The van der Waals surface area contributed by atoms with E-state index in [0.717, 1.165) is 17.8 Å². The highest BCUT2D eigenvalue weighted by atomic mass is 16.5. The third kappa shape index (κ3) is 4.19. The first-order valence-corrected chi connectivity index (χ1v) is 5.91. The summed E-state index contributed by atoms with van der Waals surface area (Å²) in [4.78, 5) is 11.3. The smallest absolute Gasteiger partial charge is 0.307 e. The number of esters is 1. The van der Waals surface area contributed by atoms with Gasteiger partial charge in [0.2, 0.25) is 0 Å². The van der Waals surface area contributed by atoms with Crippen molar-refractivity contribution < 1.29 is 9.53 Å². The summed E-state index contributed by atoms with van der Waals surface area (Å²) in [6, 6.07) is 0.105. The van der Waals surface area contributed by atoms with E-state index in [9.17, 15) is 4.79 Å². The third-order valence-corrected chi connectivity index (χ3v) is 2.76. The number of nitrogens with zero attached hydrogens (tertiary/aromatic N) is 2. The Labute approximate surface area is 102 Å². The molecule has 0 spiro atoms. The van der Waals surface area contributed by atoms with E-state index >= 15 is 0 Å². The van der Waals surface area contributed by atoms with Crippen LogP contribution in [0.4, 0.5) is 0 Å². The maximum atomic E-state index is 11.3. The topological polar surface area (TPSA) is 56.1 Å². The molecular formula is C12H21N3O2. The molecule has 1 unspecified atom stereocenters. The van der Waals surface area contributed by atoms with Crippen LogP contribution < -0.4 is 5.32 Å². The van der Waals surface area contributed by atoms with Crippen molar-refractivity contribution in [3.8, 4) is 0 Å². The van der Waals surface area contributed by atoms with Gasteiger partial charge in [-0.3, -0.25) is 9.48 Å². The van der Waals surface area contributed by atoms with Gasteiger partial charge in [-0.1, -0.05) is 0 Å². The van der Waals surface area contributed by atoms with E-state index in [-0.39, 0.29) is 12.0 Å². The molecule has 0 aromatic carbocycles. The summed E-state index contributed by atoms with van der Waals surface area (Å²) in [6.07, 6.45) is 2.24. The summed E-state index contributed by atoms with van der Waals surface area (Å²) in [5.41, 5.74) is 2.30. The van der Waals surface area contributed by atoms with E-state index in [0.29, 0.717) is 13.0 Å². The number of nitrogens with one attached hydrogen (secondary N) is 1. The highest BCUT2D eigenvalue weighted by Crippen LogP contribution is 2.05. The highest BCUT2D eigenvalue weighted by molar-refractivity contribution is 5.69. The van der Waals surface area contributed by atoms with Crippen LogP contribution >= 0.6 is 0 Å². The molecule has 0 aliphatic rings. The summed E-state index contributed by atoms with van der Waals surface area (Å²) in [7, 11) is 1.92. The van der Waals surface area contributed by atoms with Crippen LogP contribution in [0.15, 0.2) is 6.20 Å². The molecule has 5 nitrogen and oxygen atoms in total. The van der Waals surface area contributed by atoms with Gasteiger partial charge in [0, 0.05) is 30.9 Å². The Morgan fingerprint density at radius 2 is 2.35 bits per heavy atom. The van der Waals surface area contributed by atoms with Crippen LogP contribution in [0, 0.1) is 6.92 Å². The lowest BCUT2D eigenvalue weighted by molar-refractivity contribution is -0.143. The maximum Gasteiger partial charge on any atom is 0.307 e. The zero-order valence-electron chi connectivity index (χ0n) is 11.0. The highest BCUT2D eigenvalue weighted by Gasteiger charge is 2.10. The van der Waals surface area contributed by atoms with Crippen molar-refractivity contribution in [3.05, 3.63) is 17.5 Å². The van der Waals surface area contributed by atoms with Gasteiger partial charge in [-0.05, 0) is 20.8 Å². The average molecular weight is 239 g/mol. The van der Waals surface area contributed by atoms with Gasteiger partial charge in [0.05, 0.1) is 19.2 Å². The summed E-state index contributed by atoms with van der Waals surface area (Å²) in [5.74, 6) is -0.157. The Balaban J connectivity index is 2.35. The van der Waals surface area contributed by atoms with E-state index < -0.39 is 0 Å². The average Bonchev–Trinajstić information content (AvgIpc) is 2.57. The first kappa shape index (κ1) is 13.7. The van der Waals surface area contributed by atoms with Gasteiger partial charge in [-0.2, -0.15) is 5.10 Å². The molecular weight excluding hydrogens is 218 g/mol. The molecule has 0 amide bonds. The zero-order valence-corrected chi connectivity index (χ0v) is 11.0. The number of rotatable bonds is 6. The number of ether oxygens (including phenoxy) is 1. The van der Waals surface area contributed by atoms with Crippen molar-refractivity contribution in [3.63, 3.8) is 0 Å². The molecule has 5 heteroatoms. The molecule has 0 saturated heterocycles. The van der Waals surface area contributed by atoms with Crippen molar-refractivity contribution in [2.75, 3.05) is 6.61 Å². The molecule has 0 aliphatic carbocycles. The molecule has 0 bridgehead atoms. The number of carbonyl (C=O) groups excluding carboxylic acids is 1. The molecule has 17 heavy (non-hydrogen) atoms. The second-order valence-electron chi connectivity index (χ2n) is 4.17. The van der Waals surface area contributed by atoms with Crippen LogP contribution in [0.25, 0.3) is 0 Å². The van der Waals surface area contributed by atoms with Crippen molar-refractivity contribution >= 4 is 5.97 Å². The Morgan fingerprint density at radius 3 is 2.88 bits per heavy atom. The predicted molar refractivity (Wildman–Crippen MR) is 65.5 cm³/mol. The van der Waals surface area contributed by atoms with Crippen LogP contribution in [-0.2, 0) is 23.1 Å². The molecule has 1 aromatic heterocycles. The van der Waals surface area contributed by atoms with Gasteiger partial charge in [-0.25, -0.2) is 0 Å². The molecule has 1 aromatic rings. The molecule has 1 heterocycles. The molecule has 0 radical (unpaired) electrons. The van der Waals surface area contributed by atoms with Crippen LogP contribution in [-0.4, -0.2) is 28.4 Å². The maximum absolute atomic E-state index is 11.3. The largest absolute Gasteiger partial charge is 0.466 e. The Morgan fingerprint density at radius 1 is 1.65 bits per heavy atom. The number of hydrogen-bond donors (Lipinski definition) is 1. The summed E-state index contributed by atoms with van der Waals surface area (Å²) in [6.45, 7) is 6.98. The van der Waals surface area contributed by atoms with Gasteiger partial charge in [0.15, 0.2) is 0 Å². The molecule has 1 N–H and O–H groups in total. The van der Waals surface area contributed by atoms with E-state index in [1.54, 1.807) is 0 Å². The monoisotopic (exact) mass is 239 g/mol. The number of hydrogen-bond acceptors (Lipinski definition) is 4. The fourth-order valence-corrected chi connectivity index (χ4v) is 1.54. The zero-order chi connectivity index (χ0) is 12.8. The van der Waals surface area contributed by atoms with Gasteiger partial charge in [0.1, 0.15) is 0 Å². The molecule has 0 saturated carbocycles. The van der Waals surface area contributed by atoms with Crippen molar-refractivity contribution in [2.45, 2.75) is 39.8 Å². The van der Waals surface area contributed by atoms with Crippen LogP contribution in [0.2, 0.25) is 0 Å². The van der Waals surface area contributed by atoms with Crippen molar-refractivity contribution in [2.24, 2.45) is 7.05 Å². The number of carbonyl (C=O) groups is 1. The van der Waals surface area contributed by atoms with Gasteiger partial charge in [-0.15, -0.1) is 0 Å². The first-order valence-electron chi connectivity index (χ1n) is 5.91. The van der Waals surface area contributed by atoms with Crippen LogP contribution in [0.1, 0.15) is 31.5 Å². The summed E-state index contributed by atoms with van der Waals surface area (Å²) >= 11 is 0. The van der Waals surface area contributed by atoms with E-state index in [1.807, 2.05) is 38.7 Å². The lowest BCUT2D eigenvalue weighted by Gasteiger charge is -2.12. The predicted octanol–water partition coefficient (Wildman–Crippen LogP) is 1.16. The number of aromatic nitrogens is 2. The summed E-state index contributed by atoms with van der Waals surface area (Å²) in [5, 5.41) is 7.46. The van der Waals surface area contributed by atoms with Gasteiger partial charge < -0.3 is 10.1 Å². The van der Waals surface area contributed by atoms with E-state index in [1.165, 1.54) is 0 Å². The molecule has 1 atom stereocenters. The Kier molecular flexibility index (Phi) is 5.15. The van der Waals surface area contributed by atoms with Crippen LogP contribution in [0.5, 0.6) is 0 Å². The third-order valence-electron chi connectivity index (χ3n) is 2.76. The Hall–Kier alpha value is -1.36. The second-order valence-corrected chi connectivity index (χ2v) is 4.17. The minimum atomic E-state index is -0.157. The standard InChI is InChI=1S/C12H21N3O2/c1-5-17-12(16)6-9(2)13-7-11-8-14-15(4)10(11)3/h8-9,13H,5-7H2,1-4H3. The molecule has 1 rings (SSSR count). The first-order chi connectivity index (χ1) is 8.04. The van der Waals surface area contributed by atoms with Gasteiger partial charge >= 0.3 is 5.97 Å². The van der Waals surface area contributed by atoms with Crippen molar-refractivity contribution in [1.29, 1.82) is 0 Å². The molecule has 0 fully saturated rings. The fourth-order valence-electron chi connectivity index (χ4n) is 1.54. The number of aryl methyl sites for hydroxylation is 1. The van der Waals surface area contributed by atoms with E-state index in [2.05, 4.69) is 10.4 Å². The minimum Gasteiger partial charge on any atom is -0.466 e. The SMILES string of the molecule is CCOC(=O)CC(C)NCc1cnn(C)c1C. The lowest BCUT2D eigenvalue weighted by atomic mass is 10.2. The molecule has 96 valence electrons. The second kappa shape index (κ2) is 6.39. The van der Waals surface area contributed by atoms with Crippen LogP contribution in [0.3, 0.4) is 0 Å². The summed E-state index contributed by atoms with van der Waals surface area (Å²) < 4.78 is 6.74. The van der Waals surface area contributed by atoms with Crippen molar-refractivity contribution in [1.82, 2.24) is 15.1 Å². The lowest BCUT2D eigenvalue weighted by Crippen LogP contribution is -2.28. The minimum absolute atomic E-state index is 0.105. The normalized spacial score (nSPS) is 12.5. The Bertz CT molecular complexity index is 374. The van der Waals surface area contributed by atoms with Gasteiger partial charge in [0.25, 0.3) is 0 Å².